The molecule has 0 aromatic heterocycles. The third-order valence-corrected chi connectivity index (χ3v) is 3.43. The van der Waals surface area contributed by atoms with Crippen molar-refractivity contribution < 1.29 is 14.3 Å². The zero-order valence-electron chi connectivity index (χ0n) is 11.4. The second-order valence-electron chi connectivity index (χ2n) is 4.42. The zero-order chi connectivity index (χ0) is 15.2. The molecule has 0 spiro atoms. The number of para-hydroxylation sites is 1. The Labute approximate surface area is 131 Å². The van der Waals surface area contributed by atoms with Crippen LogP contribution in [0.3, 0.4) is 0 Å². The number of carbonyl (C=O) groups excluding carboxylic acids is 2. The predicted octanol–water partition coefficient (Wildman–Crippen LogP) is 3.67. The highest BCUT2D eigenvalue weighted by atomic mass is 79.9. The van der Waals surface area contributed by atoms with E-state index in [1.807, 2.05) is 18.2 Å². The van der Waals surface area contributed by atoms with Crippen molar-refractivity contribution in [2.24, 2.45) is 0 Å². The van der Waals surface area contributed by atoms with Gasteiger partial charge in [0.15, 0.2) is 6.10 Å². The topological polar surface area (TPSA) is 55.4 Å². The van der Waals surface area contributed by atoms with Crippen molar-refractivity contribution in [1.29, 1.82) is 0 Å². The molecule has 5 heteroatoms. The van der Waals surface area contributed by atoms with Gasteiger partial charge in [-0.15, -0.1) is 0 Å². The first-order chi connectivity index (χ1) is 10.1. The number of halogens is 1. The third-order valence-electron chi connectivity index (χ3n) is 2.81. The molecule has 21 heavy (non-hydrogen) atoms. The second kappa shape index (κ2) is 7.04. The summed E-state index contributed by atoms with van der Waals surface area (Å²) in [6.45, 7) is 1.67. The summed E-state index contributed by atoms with van der Waals surface area (Å²) in [5.41, 5.74) is 1.25. The lowest BCUT2D eigenvalue weighted by molar-refractivity contribution is -0.122. The van der Waals surface area contributed by atoms with E-state index in [9.17, 15) is 9.59 Å². The first kappa shape index (κ1) is 15.3. The van der Waals surface area contributed by atoms with Crippen LogP contribution in [-0.2, 0) is 4.79 Å². The quantitative estimate of drug-likeness (QED) is 0.839. The van der Waals surface area contributed by atoms with Gasteiger partial charge in [0.2, 0.25) is 0 Å². The molecule has 1 unspecified atom stereocenters. The Morgan fingerprint density at radius 1 is 1.24 bits per heavy atom. The van der Waals surface area contributed by atoms with E-state index in [1.165, 1.54) is 0 Å². The molecule has 0 radical (unpaired) electrons. The third kappa shape index (κ3) is 4.16. The Balaban J connectivity index is 2.02. The van der Waals surface area contributed by atoms with Crippen LogP contribution in [0.5, 0.6) is 5.75 Å². The second-order valence-corrected chi connectivity index (χ2v) is 5.28. The van der Waals surface area contributed by atoms with Crippen molar-refractivity contribution in [1.82, 2.24) is 0 Å². The summed E-state index contributed by atoms with van der Waals surface area (Å²) in [7, 11) is 0. The van der Waals surface area contributed by atoms with Crippen LogP contribution in [-0.4, -0.2) is 18.3 Å². The molecule has 0 aliphatic heterocycles. The molecule has 1 amide bonds. The average molecular weight is 348 g/mol. The van der Waals surface area contributed by atoms with Gasteiger partial charge in [-0.3, -0.25) is 9.59 Å². The molecule has 1 N–H and O–H groups in total. The summed E-state index contributed by atoms with van der Waals surface area (Å²) >= 11 is 3.32. The number of hydrogen-bond acceptors (Lipinski definition) is 3. The molecule has 0 bridgehead atoms. The van der Waals surface area contributed by atoms with Crippen LogP contribution in [0.15, 0.2) is 53.0 Å². The van der Waals surface area contributed by atoms with Crippen LogP contribution < -0.4 is 10.1 Å². The van der Waals surface area contributed by atoms with Crippen LogP contribution in [0.25, 0.3) is 0 Å². The van der Waals surface area contributed by atoms with Crippen molar-refractivity contribution in [2.45, 2.75) is 13.0 Å². The van der Waals surface area contributed by atoms with Gasteiger partial charge in [0.25, 0.3) is 5.91 Å². The minimum absolute atomic E-state index is 0.243. The molecule has 0 fully saturated rings. The number of amides is 1. The molecule has 0 aliphatic carbocycles. The van der Waals surface area contributed by atoms with Gasteiger partial charge in [-0.1, -0.05) is 18.2 Å². The van der Waals surface area contributed by atoms with Crippen LogP contribution in [0, 0.1) is 0 Å². The van der Waals surface area contributed by atoms with E-state index >= 15 is 0 Å². The fourth-order valence-corrected chi connectivity index (χ4v) is 2.19. The van der Waals surface area contributed by atoms with Crippen LogP contribution >= 0.6 is 15.9 Å². The molecule has 2 aromatic carbocycles. The number of ether oxygens (including phenoxy) is 1. The number of rotatable bonds is 5. The lowest BCUT2D eigenvalue weighted by atomic mass is 10.2. The molecule has 0 heterocycles. The number of aldehydes is 1. The van der Waals surface area contributed by atoms with Gasteiger partial charge in [-0.05, 0) is 53.2 Å². The highest BCUT2D eigenvalue weighted by Gasteiger charge is 2.16. The van der Waals surface area contributed by atoms with Gasteiger partial charge < -0.3 is 10.1 Å². The summed E-state index contributed by atoms with van der Waals surface area (Å²) in [6.07, 6.45) is 0.0867. The summed E-state index contributed by atoms with van der Waals surface area (Å²) in [5.74, 6) is 0.267. The van der Waals surface area contributed by atoms with Gasteiger partial charge in [0.05, 0.1) is 4.47 Å². The lowest BCUT2D eigenvalue weighted by Gasteiger charge is -2.16. The van der Waals surface area contributed by atoms with Crippen molar-refractivity contribution >= 4 is 33.8 Å². The van der Waals surface area contributed by atoms with Crippen LogP contribution in [0.2, 0.25) is 0 Å². The van der Waals surface area contributed by atoms with E-state index in [1.54, 1.807) is 37.3 Å². The molecule has 2 aromatic rings. The molecule has 108 valence electrons. The first-order valence-corrected chi connectivity index (χ1v) is 7.17. The highest BCUT2D eigenvalue weighted by Crippen LogP contribution is 2.26. The van der Waals surface area contributed by atoms with Gasteiger partial charge in [-0.25, -0.2) is 0 Å². The Morgan fingerprint density at radius 3 is 2.57 bits per heavy atom. The Morgan fingerprint density at radius 2 is 1.95 bits per heavy atom. The van der Waals surface area contributed by atoms with Crippen LogP contribution in [0.1, 0.15) is 17.3 Å². The van der Waals surface area contributed by atoms with E-state index in [-0.39, 0.29) is 5.91 Å². The van der Waals surface area contributed by atoms with Gasteiger partial charge >= 0.3 is 0 Å². The fraction of sp³-hybridized carbons (Fsp3) is 0.125. The van der Waals surface area contributed by atoms with E-state index in [2.05, 4.69) is 21.2 Å². The first-order valence-electron chi connectivity index (χ1n) is 6.37. The Kier molecular flexibility index (Phi) is 5.11. The largest absolute Gasteiger partial charge is 0.480 e. The maximum absolute atomic E-state index is 12.0. The summed E-state index contributed by atoms with van der Waals surface area (Å²) < 4.78 is 6.23. The van der Waals surface area contributed by atoms with Crippen molar-refractivity contribution in [3.63, 3.8) is 0 Å². The summed E-state index contributed by atoms with van der Waals surface area (Å²) in [6, 6.07) is 14.1. The normalized spacial score (nSPS) is 11.5. The van der Waals surface area contributed by atoms with Crippen molar-refractivity contribution in [3.8, 4) is 5.75 Å². The van der Waals surface area contributed by atoms with E-state index in [0.29, 0.717) is 21.5 Å². The van der Waals surface area contributed by atoms with E-state index < -0.39 is 6.10 Å². The molecule has 2 rings (SSSR count). The molecule has 0 saturated carbocycles. The number of anilines is 1. The van der Waals surface area contributed by atoms with Crippen LogP contribution in [0.4, 0.5) is 5.69 Å². The molecule has 1 atom stereocenters. The highest BCUT2D eigenvalue weighted by molar-refractivity contribution is 9.10. The molecule has 0 saturated heterocycles. The average Bonchev–Trinajstić information content (AvgIpc) is 2.50. The lowest BCUT2D eigenvalue weighted by Crippen LogP contribution is -2.30. The van der Waals surface area contributed by atoms with Crippen molar-refractivity contribution in [2.75, 3.05) is 5.32 Å². The standard InChI is InChI=1S/C16H14BrNO3/c1-11(16(20)18-13-5-3-2-4-6-13)21-15-8-7-12(10-19)9-14(15)17/h2-11H,1H3,(H,18,20). The SMILES string of the molecule is CC(Oc1ccc(C=O)cc1Br)C(=O)Nc1ccccc1. The smallest absolute Gasteiger partial charge is 0.265 e. The predicted molar refractivity (Wildman–Crippen MR) is 84.7 cm³/mol. The van der Waals surface area contributed by atoms with Gasteiger partial charge in [-0.2, -0.15) is 0 Å². The minimum atomic E-state index is -0.663. The molecule has 0 aliphatic rings. The van der Waals surface area contributed by atoms with E-state index in [0.717, 1.165) is 6.29 Å². The number of nitrogens with one attached hydrogen (secondary N) is 1. The van der Waals surface area contributed by atoms with E-state index in [4.69, 9.17) is 4.74 Å². The summed E-state index contributed by atoms with van der Waals surface area (Å²) in [5, 5.41) is 2.77. The fourth-order valence-electron chi connectivity index (χ4n) is 1.70. The zero-order valence-corrected chi connectivity index (χ0v) is 13.0. The van der Waals surface area contributed by atoms with Gasteiger partial charge in [0, 0.05) is 11.3 Å². The number of hydrogen-bond donors (Lipinski definition) is 1. The molecular weight excluding hydrogens is 334 g/mol. The minimum Gasteiger partial charge on any atom is -0.480 e. The van der Waals surface area contributed by atoms with Gasteiger partial charge in [0.1, 0.15) is 12.0 Å². The maximum Gasteiger partial charge on any atom is 0.265 e. The maximum atomic E-state index is 12.0. The number of benzene rings is 2. The Bertz CT molecular complexity index is 643. The summed E-state index contributed by atoms with van der Waals surface area (Å²) in [4.78, 5) is 22.7. The monoisotopic (exact) mass is 347 g/mol. The number of carbonyl (C=O) groups is 2. The molecule has 4 nitrogen and oxygen atoms in total. The van der Waals surface area contributed by atoms with Crippen molar-refractivity contribution in [3.05, 3.63) is 58.6 Å². The molecular formula is C16H14BrNO3. The Hall–Kier alpha value is -2.14.